The Balaban J connectivity index is 1.84. The van der Waals surface area contributed by atoms with Crippen molar-refractivity contribution in [2.75, 3.05) is 33.4 Å². The number of piperidine rings is 1. The van der Waals surface area contributed by atoms with Crippen LogP contribution in [0.2, 0.25) is 0 Å². The van der Waals surface area contributed by atoms with Gasteiger partial charge in [-0.05, 0) is 43.3 Å². The zero-order valence-corrected chi connectivity index (χ0v) is 13.5. The minimum atomic E-state index is 0.232. The molecule has 0 amide bonds. The Hall–Kier alpha value is -1.19. The number of Topliss-reactive ketones (excluding diaryl/α,β-unsaturated/α-hetero) is 1. The topological polar surface area (TPSA) is 29.5 Å². The zero-order valence-electron chi connectivity index (χ0n) is 13.5. The first-order valence-electron chi connectivity index (χ1n) is 7.94. The number of methoxy groups -OCH3 is 1. The second-order valence-corrected chi connectivity index (χ2v) is 6.37. The lowest BCUT2D eigenvalue weighted by atomic mass is 9.97. The maximum absolute atomic E-state index is 12.3. The summed E-state index contributed by atoms with van der Waals surface area (Å²) in [5.74, 6) is 1.40. The van der Waals surface area contributed by atoms with Crippen molar-refractivity contribution in [2.24, 2.45) is 5.92 Å². The minimum absolute atomic E-state index is 0.232. The van der Waals surface area contributed by atoms with E-state index in [1.807, 2.05) is 12.1 Å². The van der Waals surface area contributed by atoms with Crippen molar-refractivity contribution in [3.63, 3.8) is 0 Å². The molecule has 3 nitrogen and oxygen atoms in total. The van der Waals surface area contributed by atoms with Gasteiger partial charge in [-0.3, -0.25) is 9.69 Å². The largest absolute Gasteiger partial charge is 0.384 e. The van der Waals surface area contributed by atoms with Gasteiger partial charge in [0.25, 0.3) is 0 Å². The van der Waals surface area contributed by atoms with Crippen LogP contribution in [0.25, 0.3) is 0 Å². The molecule has 1 aliphatic rings. The van der Waals surface area contributed by atoms with Crippen LogP contribution in [0.15, 0.2) is 24.3 Å². The van der Waals surface area contributed by atoms with Crippen molar-refractivity contribution < 1.29 is 9.53 Å². The van der Waals surface area contributed by atoms with Gasteiger partial charge >= 0.3 is 0 Å². The van der Waals surface area contributed by atoms with Gasteiger partial charge in [0.05, 0.1) is 6.54 Å². The van der Waals surface area contributed by atoms with E-state index in [1.54, 1.807) is 7.11 Å². The molecule has 1 aliphatic heterocycles. The molecule has 0 atom stereocenters. The molecule has 0 aromatic heterocycles. The van der Waals surface area contributed by atoms with Crippen LogP contribution < -0.4 is 0 Å². The van der Waals surface area contributed by atoms with Crippen LogP contribution >= 0.6 is 0 Å². The molecule has 0 spiro atoms. The molecule has 0 bridgehead atoms. The highest BCUT2D eigenvalue weighted by molar-refractivity contribution is 5.97. The average molecular weight is 289 g/mol. The van der Waals surface area contributed by atoms with Crippen LogP contribution in [0.3, 0.4) is 0 Å². The van der Waals surface area contributed by atoms with E-state index in [0.29, 0.717) is 18.4 Å². The van der Waals surface area contributed by atoms with Gasteiger partial charge in [-0.25, -0.2) is 0 Å². The van der Waals surface area contributed by atoms with E-state index in [2.05, 4.69) is 30.9 Å². The smallest absolute Gasteiger partial charge is 0.176 e. The Morgan fingerprint density at radius 2 is 1.86 bits per heavy atom. The minimum Gasteiger partial charge on any atom is -0.384 e. The molecule has 1 heterocycles. The van der Waals surface area contributed by atoms with E-state index >= 15 is 0 Å². The molecule has 0 aliphatic carbocycles. The predicted molar refractivity (Wildman–Crippen MR) is 85.9 cm³/mol. The standard InChI is InChI=1S/C18H27NO2/c1-14(2)16-4-6-17(7-5-16)18(20)12-19-10-8-15(9-11-19)13-21-3/h4-7,14-15H,8-13H2,1-3H3. The van der Waals surface area contributed by atoms with Gasteiger partial charge in [0.2, 0.25) is 0 Å². The van der Waals surface area contributed by atoms with Gasteiger partial charge in [-0.15, -0.1) is 0 Å². The molecular weight excluding hydrogens is 262 g/mol. The highest BCUT2D eigenvalue weighted by atomic mass is 16.5. The summed E-state index contributed by atoms with van der Waals surface area (Å²) in [4.78, 5) is 14.6. The summed E-state index contributed by atoms with van der Waals surface area (Å²) in [6, 6.07) is 8.08. The van der Waals surface area contributed by atoms with Crippen LogP contribution in [0.4, 0.5) is 0 Å². The Bertz CT molecular complexity index is 445. The first-order valence-corrected chi connectivity index (χ1v) is 7.94. The van der Waals surface area contributed by atoms with E-state index < -0.39 is 0 Å². The summed E-state index contributed by atoms with van der Waals surface area (Å²) in [5, 5.41) is 0. The fraction of sp³-hybridized carbons (Fsp3) is 0.611. The summed E-state index contributed by atoms with van der Waals surface area (Å²) >= 11 is 0. The average Bonchev–Trinajstić information content (AvgIpc) is 2.49. The molecule has 116 valence electrons. The molecule has 0 radical (unpaired) electrons. The fourth-order valence-corrected chi connectivity index (χ4v) is 2.90. The Morgan fingerprint density at radius 1 is 1.24 bits per heavy atom. The third-order valence-corrected chi connectivity index (χ3v) is 4.38. The van der Waals surface area contributed by atoms with Crippen LogP contribution in [0.5, 0.6) is 0 Å². The monoisotopic (exact) mass is 289 g/mol. The maximum Gasteiger partial charge on any atom is 0.176 e. The third kappa shape index (κ3) is 4.65. The van der Waals surface area contributed by atoms with E-state index in [1.165, 1.54) is 5.56 Å². The number of hydrogen-bond donors (Lipinski definition) is 0. The fourth-order valence-electron chi connectivity index (χ4n) is 2.90. The molecule has 0 N–H and O–H groups in total. The lowest BCUT2D eigenvalue weighted by Gasteiger charge is -2.31. The molecule has 1 saturated heterocycles. The SMILES string of the molecule is COCC1CCN(CC(=O)c2ccc(C(C)C)cc2)CC1. The molecule has 21 heavy (non-hydrogen) atoms. The summed E-state index contributed by atoms with van der Waals surface area (Å²) in [7, 11) is 1.76. The summed E-state index contributed by atoms with van der Waals surface area (Å²) in [6.45, 7) is 7.73. The normalized spacial score (nSPS) is 17.3. The van der Waals surface area contributed by atoms with Crippen LogP contribution in [0, 0.1) is 5.92 Å². The van der Waals surface area contributed by atoms with Gasteiger partial charge < -0.3 is 4.74 Å². The molecule has 2 rings (SSSR count). The Kier molecular flexibility index (Phi) is 5.95. The Labute approximate surface area is 128 Å². The van der Waals surface area contributed by atoms with Crippen molar-refractivity contribution in [2.45, 2.75) is 32.6 Å². The van der Waals surface area contributed by atoms with Crippen LogP contribution in [-0.2, 0) is 4.74 Å². The van der Waals surface area contributed by atoms with E-state index in [-0.39, 0.29) is 5.78 Å². The highest BCUT2D eigenvalue weighted by Crippen LogP contribution is 2.18. The van der Waals surface area contributed by atoms with E-state index in [4.69, 9.17) is 4.74 Å². The van der Waals surface area contributed by atoms with Crippen molar-refractivity contribution in [1.82, 2.24) is 4.90 Å². The third-order valence-electron chi connectivity index (χ3n) is 4.38. The van der Waals surface area contributed by atoms with E-state index in [0.717, 1.165) is 38.1 Å². The molecule has 1 aromatic rings. The lowest BCUT2D eigenvalue weighted by Crippen LogP contribution is -2.38. The first kappa shape index (κ1) is 16.2. The van der Waals surface area contributed by atoms with Crippen molar-refractivity contribution in [1.29, 1.82) is 0 Å². The summed E-state index contributed by atoms with van der Waals surface area (Å²) < 4.78 is 5.21. The Morgan fingerprint density at radius 3 is 2.38 bits per heavy atom. The van der Waals surface area contributed by atoms with Gasteiger partial charge in [0.15, 0.2) is 5.78 Å². The highest BCUT2D eigenvalue weighted by Gasteiger charge is 2.21. The van der Waals surface area contributed by atoms with Gasteiger partial charge in [-0.2, -0.15) is 0 Å². The summed E-state index contributed by atoms with van der Waals surface area (Å²) in [6.07, 6.45) is 2.26. The molecule has 3 heteroatoms. The zero-order chi connectivity index (χ0) is 15.2. The van der Waals surface area contributed by atoms with E-state index in [9.17, 15) is 4.79 Å². The quantitative estimate of drug-likeness (QED) is 0.752. The number of carbonyl (C=O) groups is 1. The number of carbonyl (C=O) groups excluding carboxylic acids is 1. The van der Waals surface area contributed by atoms with Crippen LogP contribution in [-0.4, -0.2) is 44.0 Å². The van der Waals surface area contributed by atoms with Gasteiger partial charge in [-0.1, -0.05) is 38.1 Å². The predicted octanol–water partition coefficient (Wildman–Crippen LogP) is 3.35. The molecular formula is C18H27NO2. The van der Waals surface area contributed by atoms with Crippen molar-refractivity contribution in [3.8, 4) is 0 Å². The van der Waals surface area contributed by atoms with Gasteiger partial charge in [0.1, 0.15) is 0 Å². The number of hydrogen-bond acceptors (Lipinski definition) is 3. The van der Waals surface area contributed by atoms with Crippen LogP contribution in [0.1, 0.15) is 48.5 Å². The molecule has 0 unspecified atom stereocenters. The number of likely N-dealkylation sites (tertiary alicyclic amines) is 1. The lowest BCUT2D eigenvalue weighted by molar-refractivity contribution is 0.0810. The second kappa shape index (κ2) is 7.71. The number of ketones is 1. The first-order chi connectivity index (χ1) is 10.1. The summed E-state index contributed by atoms with van der Waals surface area (Å²) in [5.41, 5.74) is 2.12. The molecule has 1 fully saturated rings. The number of ether oxygens (including phenoxy) is 1. The van der Waals surface area contributed by atoms with Crippen molar-refractivity contribution in [3.05, 3.63) is 35.4 Å². The molecule has 1 aromatic carbocycles. The number of rotatable bonds is 6. The van der Waals surface area contributed by atoms with Gasteiger partial charge in [0, 0.05) is 19.3 Å². The maximum atomic E-state index is 12.3. The molecule has 0 saturated carbocycles. The second-order valence-electron chi connectivity index (χ2n) is 6.37. The number of nitrogens with zero attached hydrogens (tertiary/aromatic N) is 1. The van der Waals surface area contributed by atoms with Crippen molar-refractivity contribution >= 4 is 5.78 Å². The number of benzene rings is 1.